The summed E-state index contributed by atoms with van der Waals surface area (Å²) in [6.45, 7) is 4.27. The maximum atomic E-state index is 12.5. The van der Waals surface area contributed by atoms with Crippen molar-refractivity contribution in [1.29, 1.82) is 0 Å². The van der Waals surface area contributed by atoms with Crippen LogP contribution in [-0.4, -0.2) is 25.7 Å². The minimum absolute atomic E-state index is 0.0790. The number of carbonyl (C=O) groups excluding carboxylic acids is 1. The summed E-state index contributed by atoms with van der Waals surface area (Å²) in [5, 5.41) is 5.76. The maximum Gasteiger partial charge on any atom is 0.313 e. The maximum absolute atomic E-state index is 12.5. The molecule has 1 N–H and O–H groups in total. The summed E-state index contributed by atoms with van der Waals surface area (Å²) in [5.74, 6) is 0.137. The average Bonchev–Trinajstić information content (AvgIpc) is 2.56. The zero-order chi connectivity index (χ0) is 15.4. The minimum Gasteiger partial charge on any atom is -0.466 e. The van der Waals surface area contributed by atoms with Gasteiger partial charge in [-0.3, -0.25) is 4.79 Å². The molecule has 1 unspecified atom stereocenters. The van der Waals surface area contributed by atoms with Crippen LogP contribution in [0.5, 0.6) is 0 Å². The van der Waals surface area contributed by atoms with Gasteiger partial charge in [0.2, 0.25) is 0 Å². The molecule has 0 aromatic heterocycles. The summed E-state index contributed by atoms with van der Waals surface area (Å²) in [7, 11) is 0. The molecule has 1 heterocycles. The number of hydrogen-bond donors (Lipinski definition) is 1. The fourth-order valence-electron chi connectivity index (χ4n) is 3.41. The van der Waals surface area contributed by atoms with E-state index < -0.39 is 0 Å². The van der Waals surface area contributed by atoms with Crippen molar-refractivity contribution < 1.29 is 9.53 Å². The summed E-state index contributed by atoms with van der Waals surface area (Å²) in [4.78, 5) is 12.5. The highest BCUT2D eigenvalue weighted by molar-refractivity contribution is 5.86. The lowest BCUT2D eigenvalue weighted by molar-refractivity contribution is -0.146. The molecular formula is C19H23NO2. The number of nitrogens with one attached hydrogen (secondary N) is 1. The van der Waals surface area contributed by atoms with Crippen molar-refractivity contribution in [2.45, 2.75) is 25.7 Å². The van der Waals surface area contributed by atoms with Crippen LogP contribution < -0.4 is 5.32 Å². The van der Waals surface area contributed by atoms with Crippen molar-refractivity contribution in [2.24, 2.45) is 5.92 Å². The first kappa shape index (κ1) is 15.0. The van der Waals surface area contributed by atoms with Gasteiger partial charge in [0.25, 0.3) is 0 Å². The largest absolute Gasteiger partial charge is 0.466 e. The second-order valence-electron chi connectivity index (χ2n) is 5.92. The fraction of sp³-hybridized carbons (Fsp3) is 0.421. The molecule has 1 fully saturated rings. The lowest BCUT2D eigenvalue weighted by Gasteiger charge is -2.29. The Morgan fingerprint density at radius 3 is 2.64 bits per heavy atom. The minimum atomic E-state index is -0.147. The molecular weight excluding hydrogens is 274 g/mol. The summed E-state index contributed by atoms with van der Waals surface area (Å²) < 4.78 is 5.36. The van der Waals surface area contributed by atoms with Crippen LogP contribution in [0.4, 0.5) is 0 Å². The summed E-state index contributed by atoms with van der Waals surface area (Å²) in [6.07, 6.45) is 2.05. The molecule has 3 nitrogen and oxygen atoms in total. The predicted octanol–water partition coefficient (Wildman–Crippen LogP) is 3.49. The van der Waals surface area contributed by atoms with Crippen molar-refractivity contribution in [3.63, 3.8) is 0 Å². The molecule has 2 aromatic rings. The third kappa shape index (κ3) is 3.14. The van der Waals surface area contributed by atoms with E-state index in [-0.39, 0.29) is 11.9 Å². The molecule has 1 atom stereocenters. The average molecular weight is 297 g/mol. The first-order valence-corrected chi connectivity index (χ1v) is 8.15. The summed E-state index contributed by atoms with van der Waals surface area (Å²) in [5.41, 5.74) is 1.09. The lowest BCUT2D eigenvalue weighted by atomic mass is 9.80. The van der Waals surface area contributed by atoms with Gasteiger partial charge < -0.3 is 10.1 Å². The normalized spacial score (nSPS) is 17.3. The molecule has 116 valence electrons. The Labute approximate surface area is 131 Å². The number of ether oxygens (including phenoxy) is 1. The summed E-state index contributed by atoms with van der Waals surface area (Å²) >= 11 is 0. The Morgan fingerprint density at radius 1 is 1.18 bits per heavy atom. The van der Waals surface area contributed by atoms with E-state index in [0.29, 0.717) is 12.5 Å². The smallest absolute Gasteiger partial charge is 0.313 e. The van der Waals surface area contributed by atoms with Crippen molar-refractivity contribution in [3.05, 3.63) is 48.0 Å². The predicted molar refractivity (Wildman–Crippen MR) is 88.9 cm³/mol. The van der Waals surface area contributed by atoms with Crippen LogP contribution in [0.3, 0.4) is 0 Å². The van der Waals surface area contributed by atoms with Gasteiger partial charge in [0.15, 0.2) is 0 Å². The fourth-order valence-corrected chi connectivity index (χ4v) is 3.41. The van der Waals surface area contributed by atoms with Gasteiger partial charge in [-0.15, -0.1) is 0 Å². The van der Waals surface area contributed by atoms with Gasteiger partial charge in [0.05, 0.1) is 12.5 Å². The molecule has 0 spiro atoms. The lowest BCUT2D eigenvalue weighted by Crippen LogP contribution is -2.34. The Kier molecular flexibility index (Phi) is 4.74. The van der Waals surface area contributed by atoms with Gasteiger partial charge in [-0.1, -0.05) is 42.5 Å². The van der Waals surface area contributed by atoms with Crippen LogP contribution in [-0.2, 0) is 9.53 Å². The molecule has 3 heteroatoms. The first-order chi connectivity index (χ1) is 10.8. The second-order valence-corrected chi connectivity index (χ2v) is 5.92. The molecule has 22 heavy (non-hydrogen) atoms. The van der Waals surface area contributed by atoms with Gasteiger partial charge in [-0.25, -0.2) is 0 Å². The Bertz CT molecular complexity index is 647. The molecule has 0 bridgehead atoms. The molecule has 0 radical (unpaired) electrons. The van der Waals surface area contributed by atoms with E-state index in [1.807, 2.05) is 19.1 Å². The third-order valence-corrected chi connectivity index (χ3v) is 4.53. The quantitative estimate of drug-likeness (QED) is 0.878. The van der Waals surface area contributed by atoms with E-state index in [9.17, 15) is 4.79 Å². The van der Waals surface area contributed by atoms with E-state index in [1.54, 1.807) is 0 Å². The van der Waals surface area contributed by atoms with E-state index in [4.69, 9.17) is 4.74 Å². The number of fused-ring (bicyclic) bond motifs is 1. The molecule has 0 saturated carbocycles. The van der Waals surface area contributed by atoms with Crippen molar-refractivity contribution in [3.8, 4) is 0 Å². The molecule has 1 aliphatic heterocycles. The number of esters is 1. The van der Waals surface area contributed by atoms with Gasteiger partial charge in [0.1, 0.15) is 0 Å². The van der Waals surface area contributed by atoms with E-state index in [0.717, 1.165) is 31.5 Å². The van der Waals surface area contributed by atoms with Crippen LogP contribution in [0.1, 0.15) is 31.2 Å². The van der Waals surface area contributed by atoms with Gasteiger partial charge in [-0.2, -0.15) is 0 Å². The van der Waals surface area contributed by atoms with E-state index in [2.05, 4.69) is 35.6 Å². The second kappa shape index (κ2) is 6.93. The highest BCUT2D eigenvalue weighted by atomic mass is 16.5. The Balaban J connectivity index is 1.96. The zero-order valence-electron chi connectivity index (χ0n) is 13.0. The molecule has 3 rings (SSSR count). The monoisotopic (exact) mass is 297 g/mol. The van der Waals surface area contributed by atoms with Crippen LogP contribution in [0.2, 0.25) is 0 Å². The molecule has 1 saturated heterocycles. The van der Waals surface area contributed by atoms with E-state index in [1.165, 1.54) is 10.8 Å². The molecule has 2 aromatic carbocycles. The van der Waals surface area contributed by atoms with Crippen LogP contribution in [0.15, 0.2) is 42.5 Å². The Hall–Kier alpha value is -1.87. The van der Waals surface area contributed by atoms with Gasteiger partial charge in [0, 0.05) is 0 Å². The number of hydrogen-bond acceptors (Lipinski definition) is 3. The zero-order valence-corrected chi connectivity index (χ0v) is 13.0. The SMILES string of the molecule is CCOC(=O)C(c1ccc2ccccc2c1)C1CCNCC1. The highest BCUT2D eigenvalue weighted by Crippen LogP contribution is 2.33. The number of carbonyl (C=O) groups is 1. The van der Waals surface area contributed by atoms with Crippen molar-refractivity contribution >= 4 is 16.7 Å². The van der Waals surface area contributed by atoms with Crippen LogP contribution in [0, 0.1) is 5.92 Å². The third-order valence-electron chi connectivity index (χ3n) is 4.53. The highest BCUT2D eigenvalue weighted by Gasteiger charge is 2.32. The van der Waals surface area contributed by atoms with Crippen LogP contribution >= 0.6 is 0 Å². The van der Waals surface area contributed by atoms with Crippen molar-refractivity contribution in [1.82, 2.24) is 5.32 Å². The molecule has 1 aliphatic rings. The first-order valence-electron chi connectivity index (χ1n) is 8.15. The molecule has 0 amide bonds. The standard InChI is InChI=1S/C19H23NO2/c1-2-22-19(21)18(15-9-11-20-12-10-15)17-8-7-14-5-3-4-6-16(14)13-17/h3-8,13,15,18,20H,2,9-12H2,1H3. The topological polar surface area (TPSA) is 38.3 Å². The van der Waals surface area contributed by atoms with E-state index >= 15 is 0 Å². The number of rotatable bonds is 4. The van der Waals surface area contributed by atoms with Gasteiger partial charge in [-0.05, 0) is 55.1 Å². The van der Waals surface area contributed by atoms with Crippen LogP contribution in [0.25, 0.3) is 10.8 Å². The Morgan fingerprint density at radius 2 is 1.91 bits per heavy atom. The molecule has 0 aliphatic carbocycles. The van der Waals surface area contributed by atoms with Gasteiger partial charge >= 0.3 is 5.97 Å². The summed E-state index contributed by atoms with van der Waals surface area (Å²) in [6, 6.07) is 14.6. The number of piperidine rings is 1. The van der Waals surface area contributed by atoms with Crippen molar-refractivity contribution in [2.75, 3.05) is 19.7 Å². The number of benzene rings is 2.